The predicted octanol–water partition coefficient (Wildman–Crippen LogP) is 0.748. The van der Waals surface area contributed by atoms with Crippen LogP contribution in [0.4, 0.5) is 5.82 Å². The molecule has 0 aromatic carbocycles. The maximum absolute atomic E-state index is 8.45. The summed E-state index contributed by atoms with van der Waals surface area (Å²) < 4.78 is 0. The standard InChI is InChI=1S/C10H17N5O/c1-3-15(7-5-9(11)14-16)10-4-6-12-8(2)13-10/h4,6,16H,3,5,7H2,1-2H3,(H2,11,14). The van der Waals surface area contributed by atoms with Gasteiger partial charge in [0.2, 0.25) is 0 Å². The molecule has 1 rings (SSSR count). The third-order valence-corrected chi connectivity index (χ3v) is 2.23. The van der Waals surface area contributed by atoms with Crippen LogP contribution in [0, 0.1) is 6.92 Å². The normalized spacial score (nSPS) is 11.5. The molecular weight excluding hydrogens is 206 g/mol. The van der Waals surface area contributed by atoms with Gasteiger partial charge in [0, 0.05) is 25.7 Å². The average Bonchev–Trinajstić information content (AvgIpc) is 2.29. The maximum Gasteiger partial charge on any atom is 0.140 e. The molecule has 6 nitrogen and oxygen atoms in total. The van der Waals surface area contributed by atoms with Crippen LogP contribution in [-0.4, -0.2) is 34.1 Å². The monoisotopic (exact) mass is 223 g/mol. The summed E-state index contributed by atoms with van der Waals surface area (Å²) in [6.07, 6.45) is 2.23. The fourth-order valence-corrected chi connectivity index (χ4v) is 1.35. The van der Waals surface area contributed by atoms with Gasteiger partial charge in [-0.2, -0.15) is 0 Å². The number of rotatable bonds is 5. The molecule has 6 heteroatoms. The second kappa shape index (κ2) is 5.89. The third-order valence-electron chi connectivity index (χ3n) is 2.23. The highest BCUT2D eigenvalue weighted by Crippen LogP contribution is 2.09. The minimum absolute atomic E-state index is 0.226. The molecule has 3 N–H and O–H groups in total. The Labute approximate surface area is 94.8 Å². The van der Waals surface area contributed by atoms with Gasteiger partial charge in [0.15, 0.2) is 0 Å². The number of aryl methyl sites for hydroxylation is 1. The molecule has 0 amide bonds. The van der Waals surface area contributed by atoms with Gasteiger partial charge in [-0.3, -0.25) is 0 Å². The number of nitrogens with two attached hydrogens (primary N) is 1. The molecule has 1 aromatic rings. The molecule has 0 atom stereocenters. The van der Waals surface area contributed by atoms with Gasteiger partial charge in [-0.05, 0) is 19.9 Å². The van der Waals surface area contributed by atoms with Crippen LogP contribution in [0.3, 0.4) is 0 Å². The van der Waals surface area contributed by atoms with Crippen molar-refractivity contribution >= 4 is 11.7 Å². The summed E-state index contributed by atoms with van der Waals surface area (Å²) in [6.45, 7) is 5.36. The molecule has 1 heterocycles. The highest BCUT2D eigenvalue weighted by Gasteiger charge is 2.06. The number of anilines is 1. The number of hydrogen-bond acceptors (Lipinski definition) is 5. The second-order valence-corrected chi connectivity index (χ2v) is 3.38. The van der Waals surface area contributed by atoms with E-state index in [2.05, 4.69) is 15.1 Å². The smallest absolute Gasteiger partial charge is 0.140 e. The number of nitrogens with zero attached hydrogens (tertiary/aromatic N) is 4. The van der Waals surface area contributed by atoms with Crippen molar-refractivity contribution in [2.75, 3.05) is 18.0 Å². The van der Waals surface area contributed by atoms with E-state index in [1.54, 1.807) is 6.20 Å². The number of hydrogen-bond donors (Lipinski definition) is 2. The Bertz CT molecular complexity index is 366. The minimum atomic E-state index is 0.226. The van der Waals surface area contributed by atoms with Crippen molar-refractivity contribution in [3.8, 4) is 0 Å². The Balaban J connectivity index is 2.67. The van der Waals surface area contributed by atoms with Gasteiger partial charge in [0.1, 0.15) is 17.5 Å². The quantitative estimate of drug-likeness (QED) is 0.333. The van der Waals surface area contributed by atoms with Gasteiger partial charge in [-0.1, -0.05) is 5.16 Å². The lowest BCUT2D eigenvalue weighted by Gasteiger charge is -2.21. The molecule has 0 unspecified atom stereocenters. The zero-order valence-corrected chi connectivity index (χ0v) is 9.59. The first-order valence-corrected chi connectivity index (χ1v) is 5.18. The Morgan fingerprint density at radius 2 is 2.38 bits per heavy atom. The first-order valence-electron chi connectivity index (χ1n) is 5.18. The van der Waals surface area contributed by atoms with Crippen LogP contribution in [0.15, 0.2) is 17.4 Å². The van der Waals surface area contributed by atoms with Gasteiger partial charge in [0.05, 0.1) is 0 Å². The summed E-state index contributed by atoms with van der Waals surface area (Å²) >= 11 is 0. The average molecular weight is 223 g/mol. The van der Waals surface area contributed by atoms with Crippen molar-refractivity contribution in [1.82, 2.24) is 9.97 Å². The third kappa shape index (κ3) is 3.38. The van der Waals surface area contributed by atoms with Crippen molar-refractivity contribution in [2.45, 2.75) is 20.3 Å². The molecule has 0 aliphatic rings. The summed E-state index contributed by atoms with van der Waals surface area (Å²) in [5, 5.41) is 11.4. The first-order chi connectivity index (χ1) is 7.67. The van der Waals surface area contributed by atoms with Crippen LogP contribution in [-0.2, 0) is 0 Å². The summed E-state index contributed by atoms with van der Waals surface area (Å²) in [5.74, 6) is 1.82. The van der Waals surface area contributed by atoms with Gasteiger partial charge in [-0.25, -0.2) is 9.97 Å². The molecule has 16 heavy (non-hydrogen) atoms. The molecule has 0 radical (unpaired) electrons. The maximum atomic E-state index is 8.45. The molecule has 1 aromatic heterocycles. The van der Waals surface area contributed by atoms with Crippen molar-refractivity contribution < 1.29 is 5.21 Å². The summed E-state index contributed by atoms with van der Waals surface area (Å²) in [4.78, 5) is 10.4. The van der Waals surface area contributed by atoms with Crippen molar-refractivity contribution in [2.24, 2.45) is 10.9 Å². The Kier molecular flexibility index (Phi) is 4.50. The molecule has 0 aliphatic carbocycles. The van der Waals surface area contributed by atoms with Gasteiger partial charge >= 0.3 is 0 Å². The second-order valence-electron chi connectivity index (χ2n) is 3.38. The zero-order chi connectivity index (χ0) is 12.0. The van der Waals surface area contributed by atoms with Crippen LogP contribution >= 0.6 is 0 Å². The SMILES string of the molecule is CCN(CCC(N)=NO)c1ccnc(C)n1. The summed E-state index contributed by atoms with van der Waals surface area (Å²) in [7, 11) is 0. The minimum Gasteiger partial charge on any atom is -0.409 e. The van der Waals surface area contributed by atoms with E-state index in [0.717, 1.165) is 18.2 Å². The van der Waals surface area contributed by atoms with Crippen LogP contribution in [0.2, 0.25) is 0 Å². The molecule has 0 fully saturated rings. The van der Waals surface area contributed by atoms with E-state index in [1.807, 2.05) is 24.8 Å². The van der Waals surface area contributed by atoms with E-state index in [9.17, 15) is 0 Å². The fourth-order valence-electron chi connectivity index (χ4n) is 1.35. The number of oxime groups is 1. The molecule has 0 saturated heterocycles. The van der Waals surface area contributed by atoms with Crippen LogP contribution in [0.5, 0.6) is 0 Å². The predicted molar refractivity (Wildman–Crippen MR) is 62.7 cm³/mol. The van der Waals surface area contributed by atoms with E-state index in [0.29, 0.717) is 13.0 Å². The Morgan fingerprint density at radius 1 is 1.62 bits per heavy atom. The van der Waals surface area contributed by atoms with Gasteiger partial charge in [-0.15, -0.1) is 0 Å². The lowest BCUT2D eigenvalue weighted by atomic mass is 10.3. The first kappa shape index (κ1) is 12.2. The number of aromatic nitrogens is 2. The van der Waals surface area contributed by atoms with Crippen LogP contribution in [0.25, 0.3) is 0 Å². The molecule has 0 bridgehead atoms. The van der Waals surface area contributed by atoms with E-state index in [1.165, 1.54) is 0 Å². The van der Waals surface area contributed by atoms with Crippen molar-refractivity contribution in [1.29, 1.82) is 0 Å². The van der Waals surface area contributed by atoms with E-state index in [-0.39, 0.29) is 5.84 Å². The summed E-state index contributed by atoms with van der Waals surface area (Å²) in [5.41, 5.74) is 5.42. The molecule has 0 spiro atoms. The van der Waals surface area contributed by atoms with E-state index in [4.69, 9.17) is 10.9 Å². The topological polar surface area (TPSA) is 87.6 Å². The van der Waals surface area contributed by atoms with Gasteiger partial charge < -0.3 is 15.8 Å². The van der Waals surface area contributed by atoms with E-state index >= 15 is 0 Å². The highest BCUT2D eigenvalue weighted by molar-refractivity contribution is 5.80. The Morgan fingerprint density at radius 3 is 2.94 bits per heavy atom. The lowest BCUT2D eigenvalue weighted by molar-refractivity contribution is 0.317. The van der Waals surface area contributed by atoms with Crippen molar-refractivity contribution in [3.63, 3.8) is 0 Å². The van der Waals surface area contributed by atoms with E-state index < -0.39 is 0 Å². The highest BCUT2D eigenvalue weighted by atomic mass is 16.4. The zero-order valence-electron chi connectivity index (χ0n) is 9.59. The fraction of sp³-hybridized carbons (Fsp3) is 0.500. The van der Waals surface area contributed by atoms with Crippen LogP contribution in [0.1, 0.15) is 19.2 Å². The van der Waals surface area contributed by atoms with Crippen LogP contribution < -0.4 is 10.6 Å². The molecule has 0 saturated carbocycles. The lowest BCUT2D eigenvalue weighted by Crippen LogP contribution is -2.28. The summed E-state index contributed by atoms with van der Waals surface area (Å²) in [6, 6.07) is 1.85. The van der Waals surface area contributed by atoms with Crippen molar-refractivity contribution in [3.05, 3.63) is 18.1 Å². The number of amidine groups is 1. The largest absolute Gasteiger partial charge is 0.409 e. The molecule has 88 valence electrons. The van der Waals surface area contributed by atoms with Gasteiger partial charge in [0.25, 0.3) is 0 Å². The molecule has 0 aliphatic heterocycles. The Hall–Kier alpha value is -1.85. The molecular formula is C10H17N5O.